The molecular weight excluding hydrogens is 280 g/mol. The first-order valence-corrected chi connectivity index (χ1v) is 6.30. The zero-order valence-corrected chi connectivity index (χ0v) is 12.0. The lowest BCUT2D eigenvalue weighted by Crippen LogP contribution is -2.16. The Bertz CT molecular complexity index is 380. The highest BCUT2D eigenvalue weighted by atomic mass is 35.5. The summed E-state index contributed by atoms with van der Waals surface area (Å²) in [5, 5.41) is 4.67. The molecule has 5 heteroatoms. The second kappa shape index (κ2) is 6.69. The Hall–Kier alpha value is -0.150. The highest BCUT2D eigenvalue weighted by molar-refractivity contribution is 6.35. The Morgan fingerprint density at radius 1 is 1.35 bits per heavy atom. The number of benzene rings is 1. The van der Waals surface area contributed by atoms with Crippen LogP contribution < -0.4 is 10.1 Å². The van der Waals surface area contributed by atoms with Gasteiger partial charge in [-0.3, -0.25) is 0 Å². The van der Waals surface area contributed by atoms with E-state index in [2.05, 4.69) is 5.32 Å². The fourth-order valence-corrected chi connectivity index (χ4v) is 2.18. The fraction of sp³-hybridized carbons (Fsp3) is 0.500. The summed E-state index contributed by atoms with van der Waals surface area (Å²) in [7, 11) is 0. The predicted molar refractivity (Wildman–Crippen MR) is 74.7 cm³/mol. The molecule has 2 nitrogen and oxygen atoms in total. The van der Waals surface area contributed by atoms with Gasteiger partial charge in [-0.05, 0) is 31.9 Å². The van der Waals surface area contributed by atoms with Crippen molar-refractivity contribution in [3.8, 4) is 5.75 Å². The first-order valence-electron chi connectivity index (χ1n) is 5.54. The van der Waals surface area contributed by atoms with Gasteiger partial charge in [0.15, 0.2) is 0 Å². The monoisotopic (exact) mass is 295 g/mol. The molecule has 0 atom stereocenters. The lowest BCUT2D eigenvalue weighted by Gasteiger charge is -2.13. The molecule has 1 saturated carbocycles. The number of hydrogen-bond acceptors (Lipinski definition) is 2. The van der Waals surface area contributed by atoms with Gasteiger partial charge in [0.25, 0.3) is 0 Å². The standard InChI is InChI=1S/C12H15Cl2NO.ClH/c1-2-16-12-8(7-15-10-3-4-10)5-9(13)6-11(12)14;/h5-6,10,15H,2-4,7H2,1H3;1H. The van der Waals surface area contributed by atoms with Crippen LogP contribution in [0.2, 0.25) is 10.0 Å². The van der Waals surface area contributed by atoms with Gasteiger partial charge >= 0.3 is 0 Å². The van der Waals surface area contributed by atoms with Crippen molar-refractivity contribution < 1.29 is 4.74 Å². The summed E-state index contributed by atoms with van der Waals surface area (Å²) in [6, 6.07) is 4.29. The second-order valence-electron chi connectivity index (χ2n) is 3.96. The van der Waals surface area contributed by atoms with E-state index in [4.69, 9.17) is 27.9 Å². The normalized spacial score (nSPS) is 14.3. The zero-order chi connectivity index (χ0) is 11.5. The van der Waals surface area contributed by atoms with Crippen molar-refractivity contribution in [2.45, 2.75) is 32.4 Å². The maximum atomic E-state index is 6.11. The SMILES string of the molecule is CCOc1c(Cl)cc(Cl)cc1CNC1CC1.Cl. The largest absolute Gasteiger partial charge is 0.492 e. The van der Waals surface area contributed by atoms with Gasteiger partial charge in [0.1, 0.15) is 5.75 Å². The predicted octanol–water partition coefficient (Wildman–Crippen LogP) is 4.07. The highest BCUT2D eigenvalue weighted by Gasteiger charge is 2.21. The van der Waals surface area contributed by atoms with Crippen molar-refractivity contribution >= 4 is 35.6 Å². The van der Waals surface area contributed by atoms with Crippen molar-refractivity contribution in [1.29, 1.82) is 0 Å². The van der Waals surface area contributed by atoms with Crippen LogP contribution >= 0.6 is 35.6 Å². The van der Waals surface area contributed by atoms with Crippen LogP contribution in [0.5, 0.6) is 5.75 Å². The molecule has 0 bridgehead atoms. The minimum absolute atomic E-state index is 0. The summed E-state index contributed by atoms with van der Waals surface area (Å²) < 4.78 is 5.54. The number of ether oxygens (including phenoxy) is 1. The van der Waals surface area contributed by atoms with E-state index < -0.39 is 0 Å². The van der Waals surface area contributed by atoms with Crippen LogP contribution in [0.15, 0.2) is 12.1 Å². The molecule has 96 valence electrons. The fourth-order valence-electron chi connectivity index (χ4n) is 1.59. The molecule has 0 heterocycles. The summed E-state index contributed by atoms with van der Waals surface area (Å²) in [4.78, 5) is 0. The molecule has 1 aliphatic rings. The van der Waals surface area contributed by atoms with Gasteiger partial charge < -0.3 is 10.1 Å². The first kappa shape index (κ1) is 14.9. The molecule has 1 aromatic rings. The molecule has 1 aliphatic carbocycles. The lowest BCUT2D eigenvalue weighted by atomic mass is 10.2. The minimum Gasteiger partial charge on any atom is -0.492 e. The Morgan fingerprint density at radius 3 is 2.65 bits per heavy atom. The maximum Gasteiger partial charge on any atom is 0.142 e. The maximum absolute atomic E-state index is 6.11. The number of halogens is 3. The molecule has 0 radical (unpaired) electrons. The van der Waals surface area contributed by atoms with E-state index in [0.29, 0.717) is 22.7 Å². The van der Waals surface area contributed by atoms with Gasteiger partial charge in [0.2, 0.25) is 0 Å². The Morgan fingerprint density at radius 2 is 2.06 bits per heavy atom. The molecule has 0 unspecified atom stereocenters. The van der Waals surface area contributed by atoms with Crippen LogP contribution in [0.3, 0.4) is 0 Å². The van der Waals surface area contributed by atoms with E-state index in [0.717, 1.165) is 17.9 Å². The Kier molecular flexibility index (Phi) is 5.87. The summed E-state index contributed by atoms with van der Waals surface area (Å²) in [6.07, 6.45) is 2.52. The molecule has 1 aromatic carbocycles. The Balaban J connectivity index is 0.00000144. The average molecular weight is 297 g/mol. The van der Waals surface area contributed by atoms with Crippen LogP contribution in [0.25, 0.3) is 0 Å². The topological polar surface area (TPSA) is 21.3 Å². The van der Waals surface area contributed by atoms with E-state index in [-0.39, 0.29) is 12.4 Å². The first-order chi connectivity index (χ1) is 7.70. The molecule has 0 spiro atoms. The lowest BCUT2D eigenvalue weighted by molar-refractivity contribution is 0.335. The number of rotatable bonds is 5. The van der Waals surface area contributed by atoms with Crippen molar-refractivity contribution in [2.75, 3.05) is 6.61 Å². The van der Waals surface area contributed by atoms with Crippen LogP contribution in [0.4, 0.5) is 0 Å². The molecule has 2 rings (SSSR count). The molecule has 0 amide bonds. The molecule has 0 aromatic heterocycles. The highest BCUT2D eigenvalue weighted by Crippen LogP contribution is 2.33. The smallest absolute Gasteiger partial charge is 0.142 e. The van der Waals surface area contributed by atoms with E-state index in [1.54, 1.807) is 6.07 Å². The van der Waals surface area contributed by atoms with Crippen LogP contribution in [-0.4, -0.2) is 12.6 Å². The van der Waals surface area contributed by atoms with Gasteiger partial charge in [-0.1, -0.05) is 23.2 Å². The number of hydrogen-bond donors (Lipinski definition) is 1. The van der Waals surface area contributed by atoms with E-state index in [1.165, 1.54) is 12.8 Å². The summed E-state index contributed by atoms with van der Waals surface area (Å²) in [5.41, 5.74) is 1.03. The van der Waals surface area contributed by atoms with E-state index >= 15 is 0 Å². The van der Waals surface area contributed by atoms with E-state index in [1.807, 2.05) is 13.0 Å². The molecule has 0 saturated heterocycles. The summed E-state index contributed by atoms with van der Waals surface area (Å²) >= 11 is 12.1. The van der Waals surface area contributed by atoms with Crippen molar-refractivity contribution in [3.05, 3.63) is 27.7 Å². The van der Waals surface area contributed by atoms with Crippen molar-refractivity contribution in [1.82, 2.24) is 5.32 Å². The molecule has 0 aliphatic heterocycles. The van der Waals surface area contributed by atoms with E-state index in [9.17, 15) is 0 Å². The van der Waals surface area contributed by atoms with Crippen LogP contribution in [0, 0.1) is 0 Å². The van der Waals surface area contributed by atoms with Gasteiger partial charge in [-0.15, -0.1) is 12.4 Å². The summed E-state index contributed by atoms with van der Waals surface area (Å²) in [6.45, 7) is 3.32. The Labute approximate surface area is 118 Å². The minimum atomic E-state index is 0. The van der Waals surface area contributed by atoms with Crippen LogP contribution in [0.1, 0.15) is 25.3 Å². The molecule has 1 N–H and O–H groups in total. The van der Waals surface area contributed by atoms with Crippen molar-refractivity contribution in [2.24, 2.45) is 0 Å². The third kappa shape index (κ3) is 4.22. The molecule has 1 fully saturated rings. The third-order valence-electron chi connectivity index (χ3n) is 2.53. The van der Waals surface area contributed by atoms with Crippen LogP contribution in [-0.2, 0) is 6.54 Å². The molecular formula is C12H16Cl3NO. The molecule has 17 heavy (non-hydrogen) atoms. The third-order valence-corrected chi connectivity index (χ3v) is 3.03. The number of nitrogens with one attached hydrogen (secondary N) is 1. The van der Waals surface area contributed by atoms with Gasteiger partial charge in [0, 0.05) is 23.2 Å². The summed E-state index contributed by atoms with van der Waals surface area (Å²) in [5.74, 6) is 0.752. The van der Waals surface area contributed by atoms with Gasteiger partial charge in [-0.2, -0.15) is 0 Å². The average Bonchev–Trinajstić information content (AvgIpc) is 3.03. The van der Waals surface area contributed by atoms with Gasteiger partial charge in [-0.25, -0.2) is 0 Å². The quantitative estimate of drug-likeness (QED) is 0.884. The second-order valence-corrected chi connectivity index (χ2v) is 4.81. The zero-order valence-electron chi connectivity index (χ0n) is 9.63. The van der Waals surface area contributed by atoms with Crippen molar-refractivity contribution in [3.63, 3.8) is 0 Å². The van der Waals surface area contributed by atoms with Gasteiger partial charge in [0.05, 0.1) is 11.6 Å².